The van der Waals surface area contributed by atoms with Crippen LogP contribution in [0.15, 0.2) is 58.6 Å². The molecule has 0 amide bonds. The summed E-state index contributed by atoms with van der Waals surface area (Å²) in [7, 11) is -3.72. The van der Waals surface area contributed by atoms with Crippen LogP contribution < -0.4 is 10.5 Å². The molecular weight excluding hydrogens is 466 g/mol. The van der Waals surface area contributed by atoms with Crippen molar-refractivity contribution in [1.82, 2.24) is 9.97 Å². The average Bonchev–Trinajstić information content (AvgIpc) is 2.73. The summed E-state index contributed by atoms with van der Waals surface area (Å²) in [5.41, 5.74) is 2.60. The first-order chi connectivity index (χ1) is 15.2. The molecule has 0 saturated heterocycles. The van der Waals surface area contributed by atoms with Gasteiger partial charge in [-0.05, 0) is 36.2 Å². The summed E-state index contributed by atoms with van der Waals surface area (Å²) in [5, 5.41) is 19.7. The molecule has 1 heterocycles. The van der Waals surface area contributed by atoms with Crippen LogP contribution in [-0.4, -0.2) is 30.2 Å². The largest absolute Gasteiger partial charge is 0.368 e. The predicted molar refractivity (Wildman–Crippen MR) is 128 cm³/mol. The van der Waals surface area contributed by atoms with Gasteiger partial charge in [-0.3, -0.25) is 0 Å². The molecule has 3 rings (SSSR count). The molecular formula is C22H22ClN5O2S2. The highest BCUT2D eigenvalue weighted by atomic mass is 35.5. The van der Waals surface area contributed by atoms with Gasteiger partial charge in [0, 0.05) is 22.4 Å². The second-order valence-electron chi connectivity index (χ2n) is 7.23. The number of sulfonamides is 1. The average molecular weight is 488 g/mol. The van der Waals surface area contributed by atoms with E-state index in [-0.39, 0.29) is 10.1 Å². The van der Waals surface area contributed by atoms with Crippen molar-refractivity contribution in [2.24, 2.45) is 5.14 Å². The topological polar surface area (TPSA) is 122 Å². The third-order valence-electron chi connectivity index (χ3n) is 4.42. The zero-order chi connectivity index (χ0) is 23.3. The van der Waals surface area contributed by atoms with E-state index in [0.29, 0.717) is 40.2 Å². The summed E-state index contributed by atoms with van der Waals surface area (Å²) in [6.45, 7) is 4.59. The molecule has 0 aliphatic rings. The normalized spacial score (nSPS) is 11.4. The Hall–Kier alpha value is -2.64. The molecule has 0 aliphatic carbocycles. The van der Waals surface area contributed by atoms with Crippen molar-refractivity contribution in [2.75, 3.05) is 11.9 Å². The third kappa shape index (κ3) is 6.20. The Morgan fingerprint density at radius 3 is 2.34 bits per heavy atom. The van der Waals surface area contributed by atoms with Crippen molar-refractivity contribution >= 4 is 39.2 Å². The Morgan fingerprint density at radius 1 is 1.12 bits per heavy atom. The minimum absolute atomic E-state index is 0.0692. The number of rotatable bonds is 8. The van der Waals surface area contributed by atoms with E-state index in [2.05, 4.69) is 21.4 Å². The molecule has 0 atom stereocenters. The van der Waals surface area contributed by atoms with Crippen LogP contribution in [0.4, 0.5) is 5.82 Å². The molecule has 1 aromatic heterocycles. The van der Waals surface area contributed by atoms with Gasteiger partial charge in [0.1, 0.15) is 17.5 Å². The third-order valence-corrected chi connectivity index (χ3v) is 6.46. The van der Waals surface area contributed by atoms with E-state index in [1.165, 1.54) is 23.9 Å². The van der Waals surface area contributed by atoms with Gasteiger partial charge in [-0.1, -0.05) is 61.5 Å². The number of nitrogens with one attached hydrogen (secondary N) is 1. The standard InChI is InChI=1S/C22H22ClN5O2S2/c1-14(2)31-22-27-20(16-5-7-17(23)8-6-16)19(13-24)21(28-22)26-12-11-15-3-9-18(10-4-15)32(25,29)30/h3-10,14H,11-12H2,1-2H3,(H2,25,29,30)(H,26,27,28). The van der Waals surface area contributed by atoms with Crippen LogP contribution in [0.3, 0.4) is 0 Å². The zero-order valence-corrected chi connectivity index (χ0v) is 19.9. The minimum Gasteiger partial charge on any atom is -0.368 e. The maximum Gasteiger partial charge on any atom is 0.238 e. The molecule has 0 aliphatic heterocycles. The van der Waals surface area contributed by atoms with Crippen LogP contribution in [0.2, 0.25) is 5.02 Å². The van der Waals surface area contributed by atoms with Crippen molar-refractivity contribution in [2.45, 2.75) is 35.6 Å². The van der Waals surface area contributed by atoms with Gasteiger partial charge in [-0.2, -0.15) is 5.26 Å². The van der Waals surface area contributed by atoms with Crippen molar-refractivity contribution < 1.29 is 8.42 Å². The first kappa shape index (κ1) is 24.0. The number of benzene rings is 2. The maximum atomic E-state index is 11.4. The molecule has 2 aromatic carbocycles. The van der Waals surface area contributed by atoms with E-state index < -0.39 is 10.0 Å². The highest BCUT2D eigenvalue weighted by Crippen LogP contribution is 2.31. The molecule has 0 saturated carbocycles. The van der Waals surface area contributed by atoms with E-state index in [9.17, 15) is 13.7 Å². The molecule has 166 valence electrons. The number of nitriles is 1. The first-order valence-electron chi connectivity index (χ1n) is 9.77. The SMILES string of the molecule is CC(C)Sc1nc(NCCc2ccc(S(N)(=O)=O)cc2)c(C#N)c(-c2ccc(Cl)cc2)n1. The van der Waals surface area contributed by atoms with E-state index in [0.717, 1.165) is 11.1 Å². The molecule has 7 nitrogen and oxygen atoms in total. The summed E-state index contributed by atoms with van der Waals surface area (Å²) in [4.78, 5) is 9.25. The van der Waals surface area contributed by atoms with Crippen molar-refractivity contribution in [3.8, 4) is 17.3 Å². The second-order valence-corrected chi connectivity index (χ2v) is 10.8. The van der Waals surface area contributed by atoms with Crippen LogP contribution >= 0.6 is 23.4 Å². The number of anilines is 1. The Morgan fingerprint density at radius 2 is 1.78 bits per heavy atom. The van der Waals surface area contributed by atoms with Crippen LogP contribution in [0.1, 0.15) is 25.0 Å². The summed E-state index contributed by atoms with van der Waals surface area (Å²) in [5.74, 6) is 0.455. The second kappa shape index (κ2) is 10.3. The van der Waals surface area contributed by atoms with E-state index in [1.807, 2.05) is 26.0 Å². The van der Waals surface area contributed by atoms with Crippen LogP contribution in [0, 0.1) is 11.3 Å². The molecule has 0 radical (unpaired) electrons. The van der Waals surface area contributed by atoms with Gasteiger partial charge in [-0.15, -0.1) is 0 Å². The first-order valence-corrected chi connectivity index (χ1v) is 12.6. The van der Waals surface area contributed by atoms with Gasteiger partial charge in [0.25, 0.3) is 0 Å². The van der Waals surface area contributed by atoms with E-state index >= 15 is 0 Å². The molecule has 0 fully saturated rings. The van der Waals surface area contributed by atoms with Crippen molar-refractivity contribution in [3.63, 3.8) is 0 Å². The number of hydrogen-bond donors (Lipinski definition) is 2. The van der Waals surface area contributed by atoms with Gasteiger partial charge in [-0.25, -0.2) is 23.5 Å². The van der Waals surface area contributed by atoms with Crippen LogP contribution in [-0.2, 0) is 16.4 Å². The number of nitrogens with two attached hydrogens (primary N) is 1. The van der Waals surface area contributed by atoms with Crippen LogP contribution in [0.5, 0.6) is 0 Å². The Balaban J connectivity index is 1.86. The fraction of sp³-hybridized carbons (Fsp3) is 0.227. The lowest BCUT2D eigenvalue weighted by Gasteiger charge is -2.14. The Bertz CT molecular complexity index is 1240. The van der Waals surface area contributed by atoms with Crippen molar-refractivity contribution in [1.29, 1.82) is 5.26 Å². The molecule has 0 unspecified atom stereocenters. The van der Waals surface area contributed by atoms with Crippen LogP contribution in [0.25, 0.3) is 11.3 Å². The fourth-order valence-electron chi connectivity index (χ4n) is 2.93. The summed E-state index contributed by atoms with van der Waals surface area (Å²) >= 11 is 7.52. The zero-order valence-electron chi connectivity index (χ0n) is 17.5. The summed E-state index contributed by atoms with van der Waals surface area (Å²) in [6.07, 6.45) is 0.600. The van der Waals surface area contributed by atoms with E-state index in [4.69, 9.17) is 16.7 Å². The molecule has 10 heteroatoms. The number of thioether (sulfide) groups is 1. The number of primary sulfonamides is 1. The maximum absolute atomic E-state index is 11.4. The monoisotopic (exact) mass is 487 g/mol. The minimum atomic E-state index is -3.72. The molecule has 0 bridgehead atoms. The highest BCUT2D eigenvalue weighted by molar-refractivity contribution is 7.99. The van der Waals surface area contributed by atoms with E-state index in [1.54, 1.807) is 24.3 Å². The molecule has 3 N–H and O–H groups in total. The summed E-state index contributed by atoms with van der Waals surface area (Å²) in [6, 6.07) is 15.8. The lowest BCUT2D eigenvalue weighted by atomic mass is 10.1. The number of hydrogen-bond acceptors (Lipinski definition) is 7. The predicted octanol–water partition coefficient (Wildman–Crippen LogP) is 4.47. The molecule has 32 heavy (non-hydrogen) atoms. The molecule has 0 spiro atoms. The molecule has 3 aromatic rings. The Labute approximate surface area is 197 Å². The number of halogens is 1. The summed E-state index contributed by atoms with van der Waals surface area (Å²) < 4.78 is 22.8. The number of aromatic nitrogens is 2. The van der Waals surface area contributed by atoms with Gasteiger partial charge < -0.3 is 5.32 Å². The quantitative estimate of drug-likeness (QED) is 0.355. The Kier molecular flexibility index (Phi) is 7.74. The smallest absolute Gasteiger partial charge is 0.238 e. The lowest BCUT2D eigenvalue weighted by molar-refractivity contribution is 0.598. The van der Waals surface area contributed by atoms with Gasteiger partial charge >= 0.3 is 0 Å². The van der Waals surface area contributed by atoms with Gasteiger partial charge in [0.05, 0.1) is 10.6 Å². The van der Waals surface area contributed by atoms with Crippen molar-refractivity contribution in [3.05, 3.63) is 64.7 Å². The van der Waals surface area contributed by atoms with Gasteiger partial charge in [0.15, 0.2) is 5.16 Å². The number of nitrogens with zero attached hydrogens (tertiary/aromatic N) is 3. The lowest BCUT2D eigenvalue weighted by Crippen LogP contribution is -2.12. The van der Waals surface area contributed by atoms with Gasteiger partial charge in [0.2, 0.25) is 10.0 Å². The fourth-order valence-corrected chi connectivity index (χ4v) is 4.28. The highest BCUT2D eigenvalue weighted by Gasteiger charge is 2.17.